The predicted molar refractivity (Wildman–Crippen MR) is 84.0 cm³/mol. The number of carbonyl (C=O) groups excluding carboxylic acids is 1. The van der Waals surface area contributed by atoms with Crippen molar-refractivity contribution in [3.63, 3.8) is 0 Å². The number of nitrogens with one attached hydrogen (secondary N) is 1. The van der Waals surface area contributed by atoms with Crippen LogP contribution in [0.1, 0.15) is 12.8 Å². The highest BCUT2D eigenvalue weighted by atomic mass is 35.5. The Bertz CT molecular complexity index is 586. The number of carboxylic acid groups (broad SMARTS) is 1. The monoisotopic (exact) mass is 346 g/mol. The summed E-state index contributed by atoms with van der Waals surface area (Å²) in [6.45, 7) is 0.791. The third-order valence-corrected chi connectivity index (χ3v) is 4.34. The van der Waals surface area contributed by atoms with Crippen molar-refractivity contribution in [3.8, 4) is 5.75 Å². The summed E-state index contributed by atoms with van der Waals surface area (Å²) >= 11 is 11.9. The van der Waals surface area contributed by atoms with Gasteiger partial charge >= 0.3 is 12.0 Å². The molecule has 8 heteroatoms. The highest BCUT2D eigenvalue weighted by Gasteiger charge is 2.27. The van der Waals surface area contributed by atoms with E-state index in [2.05, 4.69) is 5.32 Å². The topological polar surface area (TPSA) is 78.9 Å². The number of amides is 2. The van der Waals surface area contributed by atoms with Gasteiger partial charge in [0.15, 0.2) is 0 Å². The number of likely N-dealkylation sites (tertiary alicyclic amines) is 1. The van der Waals surface area contributed by atoms with Crippen LogP contribution >= 0.6 is 23.2 Å². The number of urea groups is 1. The van der Waals surface area contributed by atoms with Gasteiger partial charge in [0.05, 0.1) is 28.8 Å². The van der Waals surface area contributed by atoms with Crippen molar-refractivity contribution < 1.29 is 19.4 Å². The molecule has 2 amide bonds. The summed E-state index contributed by atoms with van der Waals surface area (Å²) in [5.74, 6) is -0.794. The summed E-state index contributed by atoms with van der Waals surface area (Å²) in [5, 5.41) is 12.3. The minimum atomic E-state index is -0.814. The Morgan fingerprint density at radius 1 is 1.27 bits per heavy atom. The van der Waals surface area contributed by atoms with Gasteiger partial charge in [-0.25, -0.2) is 4.79 Å². The Balaban J connectivity index is 2.04. The van der Waals surface area contributed by atoms with E-state index in [0.29, 0.717) is 47.4 Å². The minimum absolute atomic E-state index is 0.308. The molecule has 0 aromatic heterocycles. The molecule has 0 spiro atoms. The van der Waals surface area contributed by atoms with Crippen LogP contribution in [-0.2, 0) is 4.79 Å². The number of carbonyl (C=O) groups is 2. The molecule has 1 aliphatic rings. The van der Waals surface area contributed by atoms with Crippen LogP contribution in [0.2, 0.25) is 10.0 Å². The second kappa shape index (κ2) is 7.07. The molecule has 0 unspecified atom stereocenters. The first-order chi connectivity index (χ1) is 10.4. The van der Waals surface area contributed by atoms with Crippen molar-refractivity contribution in [2.24, 2.45) is 5.92 Å². The number of anilines is 1. The third kappa shape index (κ3) is 3.75. The number of hydrogen-bond donors (Lipinski definition) is 2. The first-order valence-corrected chi connectivity index (χ1v) is 7.49. The van der Waals surface area contributed by atoms with E-state index in [1.54, 1.807) is 4.90 Å². The largest absolute Gasteiger partial charge is 0.495 e. The van der Waals surface area contributed by atoms with Gasteiger partial charge in [0, 0.05) is 19.2 Å². The second-order valence-electron chi connectivity index (χ2n) is 5.00. The fourth-order valence-corrected chi connectivity index (χ4v) is 2.64. The average Bonchev–Trinajstić information content (AvgIpc) is 2.50. The van der Waals surface area contributed by atoms with Crippen LogP contribution in [0.4, 0.5) is 10.5 Å². The van der Waals surface area contributed by atoms with Gasteiger partial charge in [-0.1, -0.05) is 23.2 Å². The predicted octanol–water partition coefficient (Wildman–Crippen LogP) is 3.33. The van der Waals surface area contributed by atoms with Crippen molar-refractivity contribution in [3.05, 3.63) is 22.2 Å². The number of ether oxygens (including phenoxy) is 1. The number of rotatable bonds is 3. The van der Waals surface area contributed by atoms with Gasteiger partial charge in [-0.15, -0.1) is 0 Å². The van der Waals surface area contributed by atoms with Gasteiger partial charge < -0.3 is 20.1 Å². The van der Waals surface area contributed by atoms with Gasteiger partial charge in [0.2, 0.25) is 0 Å². The van der Waals surface area contributed by atoms with Crippen molar-refractivity contribution in [2.45, 2.75) is 12.8 Å². The Morgan fingerprint density at radius 3 is 2.41 bits per heavy atom. The second-order valence-corrected chi connectivity index (χ2v) is 5.81. The zero-order chi connectivity index (χ0) is 16.3. The van der Waals surface area contributed by atoms with Crippen molar-refractivity contribution in [1.29, 1.82) is 0 Å². The summed E-state index contributed by atoms with van der Waals surface area (Å²) in [4.78, 5) is 24.7. The lowest BCUT2D eigenvalue weighted by molar-refractivity contribution is -0.143. The zero-order valence-corrected chi connectivity index (χ0v) is 13.4. The van der Waals surface area contributed by atoms with Crippen LogP contribution in [0.5, 0.6) is 5.75 Å². The van der Waals surface area contributed by atoms with E-state index < -0.39 is 5.97 Å². The number of hydrogen-bond acceptors (Lipinski definition) is 3. The molecule has 2 N–H and O–H groups in total. The molecule has 0 saturated carbocycles. The molecule has 1 heterocycles. The van der Waals surface area contributed by atoms with E-state index >= 15 is 0 Å². The molecule has 120 valence electrons. The molecule has 1 fully saturated rings. The summed E-state index contributed by atoms with van der Waals surface area (Å²) in [6, 6.07) is 2.72. The van der Waals surface area contributed by atoms with Crippen LogP contribution < -0.4 is 10.1 Å². The molecule has 1 saturated heterocycles. The maximum absolute atomic E-state index is 12.2. The Labute approximate surface area is 137 Å². The quantitative estimate of drug-likeness (QED) is 0.879. The lowest BCUT2D eigenvalue weighted by Gasteiger charge is -2.30. The maximum Gasteiger partial charge on any atom is 0.321 e. The van der Waals surface area contributed by atoms with Crippen LogP contribution in [-0.4, -0.2) is 42.2 Å². The number of benzene rings is 1. The Kier molecular flexibility index (Phi) is 5.37. The Hall–Kier alpha value is -1.66. The minimum Gasteiger partial charge on any atom is -0.495 e. The fraction of sp³-hybridized carbons (Fsp3) is 0.429. The number of aliphatic carboxylic acids is 1. The molecular weight excluding hydrogens is 331 g/mol. The van der Waals surface area contributed by atoms with E-state index in [1.165, 1.54) is 19.2 Å². The number of halogens is 2. The molecule has 1 aliphatic heterocycles. The summed E-state index contributed by atoms with van der Waals surface area (Å²) in [5.41, 5.74) is 0.419. The highest BCUT2D eigenvalue weighted by Crippen LogP contribution is 2.34. The van der Waals surface area contributed by atoms with Gasteiger partial charge in [-0.2, -0.15) is 0 Å². The smallest absolute Gasteiger partial charge is 0.321 e. The van der Waals surface area contributed by atoms with E-state index in [1.807, 2.05) is 0 Å². The molecule has 6 nitrogen and oxygen atoms in total. The summed E-state index contributed by atoms with van der Waals surface area (Å²) in [6.07, 6.45) is 0.891. The summed E-state index contributed by atoms with van der Waals surface area (Å²) < 4.78 is 5.16. The zero-order valence-electron chi connectivity index (χ0n) is 11.9. The molecule has 1 aromatic carbocycles. The Morgan fingerprint density at radius 2 is 1.86 bits per heavy atom. The standard InChI is InChI=1S/C14H16Cl2N2O4/c1-22-12-7-10(16)9(15)6-11(12)17-14(21)18-4-2-8(3-5-18)13(19)20/h6-8H,2-5H2,1H3,(H,17,21)(H,19,20). The number of carboxylic acids is 1. The van der Waals surface area contributed by atoms with Crippen LogP contribution in [0.15, 0.2) is 12.1 Å². The molecule has 0 radical (unpaired) electrons. The number of nitrogens with zero attached hydrogens (tertiary/aromatic N) is 1. The fourth-order valence-electron chi connectivity index (χ4n) is 2.32. The first-order valence-electron chi connectivity index (χ1n) is 6.74. The van der Waals surface area contributed by atoms with E-state index in [0.717, 1.165) is 0 Å². The van der Waals surface area contributed by atoms with Gasteiger partial charge in [0.1, 0.15) is 5.75 Å². The third-order valence-electron chi connectivity index (χ3n) is 3.62. The van der Waals surface area contributed by atoms with Gasteiger partial charge in [0.25, 0.3) is 0 Å². The van der Waals surface area contributed by atoms with Crippen molar-refractivity contribution >= 4 is 40.9 Å². The summed E-state index contributed by atoms with van der Waals surface area (Å²) in [7, 11) is 1.47. The van der Waals surface area contributed by atoms with E-state index in [-0.39, 0.29) is 11.9 Å². The molecule has 0 atom stereocenters. The average molecular weight is 347 g/mol. The van der Waals surface area contributed by atoms with Crippen molar-refractivity contribution in [2.75, 3.05) is 25.5 Å². The molecule has 22 heavy (non-hydrogen) atoms. The molecule has 0 bridgehead atoms. The molecule has 2 rings (SSSR count). The molecular formula is C14H16Cl2N2O4. The first kappa shape index (κ1) is 16.7. The normalized spacial score (nSPS) is 15.5. The lowest BCUT2D eigenvalue weighted by atomic mass is 9.97. The van der Waals surface area contributed by atoms with E-state index in [4.69, 9.17) is 33.0 Å². The van der Waals surface area contributed by atoms with Gasteiger partial charge in [-0.05, 0) is 18.9 Å². The number of methoxy groups -OCH3 is 1. The van der Waals surface area contributed by atoms with Crippen LogP contribution in [0.25, 0.3) is 0 Å². The van der Waals surface area contributed by atoms with E-state index in [9.17, 15) is 9.59 Å². The lowest BCUT2D eigenvalue weighted by Crippen LogP contribution is -2.42. The molecule has 0 aliphatic carbocycles. The van der Waals surface area contributed by atoms with Crippen LogP contribution in [0, 0.1) is 5.92 Å². The highest BCUT2D eigenvalue weighted by molar-refractivity contribution is 6.42. The van der Waals surface area contributed by atoms with Crippen LogP contribution in [0.3, 0.4) is 0 Å². The SMILES string of the molecule is COc1cc(Cl)c(Cl)cc1NC(=O)N1CCC(C(=O)O)CC1. The maximum atomic E-state index is 12.2. The number of piperidine rings is 1. The van der Waals surface area contributed by atoms with Crippen molar-refractivity contribution in [1.82, 2.24) is 4.90 Å². The van der Waals surface area contributed by atoms with Gasteiger partial charge in [-0.3, -0.25) is 4.79 Å². The molecule has 1 aromatic rings.